The van der Waals surface area contributed by atoms with Crippen LogP contribution in [-0.4, -0.2) is 23.1 Å². The number of rotatable bonds is 4. The number of esters is 1. The molecule has 2 aromatic carbocycles. The fourth-order valence-electron chi connectivity index (χ4n) is 2.73. The Balaban J connectivity index is 2.22. The van der Waals surface area contributed by atoms with Crippen LogP contribution in [0, 0.1) is 18.6 Å². The molecule has 0 bridgehead atoms. The van der Waals surface area contributed by atoms with Crippen LogP contribution in [-0.2, 0) is 16.1 Å². The van der Waals surface area contributed by atoms with E-state index in [0.717, 1.165) is 29.5 Å². The highest BCUT2D eigenvalue weighted by atomic mass is 35.5. The average Bonchev–Trinajstić information content (AvgIpc) is 2.96. The molecule has 9 heteroatoms. The Morgan fingerprint density at radius 2 is 1.89 bits per heavy atom. The molecule has 1 amide bonds. The van der Waals surface area contributed by atoms with E-state index in [-0.39, 0.29) is 18.0 Å². The minimum Gasteiger partial charge on any atom is -0.465 e. The van der Waals surface area contributed by atoms with Gasteiger partial charge in [0.25, 0.3) is 5.91 Å². The quantitative estimate of drug-likeness (QED) is 0.588. The van der Waals surface area contributed by atoms with Gasteiger partial charge in [-0.25, -0.2) is 8.78 Å². The number of thiazole rings is 1. The third-order valence-electron chi connectivity index (χ3n) is 4.00. The molecule has 0 saturated carbocycles. The second-order valence-corrected chi connectivity index (χ2v) is 7.22. The Hall–Kier alpha value is -2.58. The number of hydrogen-bond acceptors (Lipinski definition) is 4. The number of nitrogens with zero attached hydrogens (tertiary/aromatic N) is 2. The predicted octanol–water partition coefficient (Wildman–Crippen LogP) is 4.25. The number of carbonyl (C=O) groups excluding carboxylic acids is 2. The molecule has 0 radical (unpaired) electrons. The smallest absolute Gasteiger partial charge is 0.326 e. The summed E-state index contributed by atoms with van der Waals surface area (Å²) in [4.78, 5) is 28.5. The minimum atomic E-state index is -1.08. The van der Waals surface area contributed by atoms with Gasteiger partial charge in [-0.15, -0.1) is 0 Å². The molecule has 0 atom stereocenters. The van der Waals surface area contributed by atoms with Crippen molar-refractivity contribution in [2.24, 2.45) is 4.99 Å². The lowest BCUT2D eigenvalue weighted by Gasteiger charge is -2.08. The largest absolute Gasteiger partial charge is 0.465 e. The van der Waals surface area contributed by atoms with Crippen LogP contribution < -0.4 is 4.80 Å². The molecule has 0 aliphatic heterocycles. The summed E-state index contributed by atoms with van der Waals surface area (Å²) in [6, 6.07) is 6.53. The predicted molar refractivity (Wildman–Crippen MR) is 102 cm³/mol. The monoisotopic (exact) mass is 424 g/mol. The highest BCUT2D eigenvalue weighted by Crippen LogP contribution is 2.27. The molecular formula is C19H15ClF2N2O3S. The lowest BCUT2D eigenvalue weighted by atomic mass is 10.2. The topological polar surface area (TPSA) is 60.7 Å². The maximum Gasteiger partial charge on any atom is 0.326 e. The molecule has 1 aromatic heterocycles. The van der Waals surface area contributed by atoms with E-state index < -0.39 is 29.1 Å². The standard InChI is InChI=1S/C19H15ClF2N2O3S/c1-3-27-15(25)9-24-17-10(2)11(20)7-8-14(17)28-19(24)23-18(26)16-12(21)5-4-6-13(16)22/h4-8H,3,9H2,1-2H3. The molecule has 0 N–H and O–H groups in total. The zero-order valence-electron chi connectivity index (χ0n) is 15.0. The molecule has 0 spiro atoms. The first kappa shape index (κ1) is 20.2. The van der Waals surface area contributed by atoms with Crippen molar-refractivity contribution >= 4 is 45.0 Å². The van der Waals surface area contributed by atoms with E-state index >= 15 is 0 Å². The number of fused-ring (bicyclic) bond motifs is 1. The fraction of sp³-hybridized carbons (Fsp3) is 0.211. The molecule has 28 heavy (non-hydrogen) atoms. The average molecular weight is 425 g/mol. The van der Waals surface area contributed by atoms with E-state index in [2.05, 4.69) is 4.99 Å². The Morgan fingerprint density at radius 3 is 2.54 bits per heavy atom. The van der Waals surface area contributed by atoms with E-state index in [1.54, 1.807) is 26.0 Å². The first-order valence-corrected chi connectivity index (χ1v) is 9.50. The van der Waals surface area contributed by atoms with Crippen molar-refractivity contribution in [3.63, 3.8) is 0 Å². The summed E-state index contributed by atoms with van der Waals surface area (Å²) in [5.41, 5.74) is 0.536. The van der Waals surface area contributed by atoms with Crippen molar-refractivity contribution in [1.82, 2.24) is 4.57 Å². The second-order valence-electron chi connectivity index (χ2n) is 5.81. The molecule has 146 valence electrons. The first-order valence-electron chi connectivity index (χ1n) is 8.30. The van der Waals surface area contributed by atoms with Gasteiger partial charge in [-0.1, -0.05) is 29.0 Å². The Bertz CT molecular complexity index is 1130. The summed E-state index contributed by atoms with van der Waals surface area (Å²) in [6.45, 7) is 3.40. The van der Waals surface area contributed by atoms with Crippen LogP contribution in [0.1, 0.15) is 22.8 Å². The molecule has 0 fully saturated rings. The molecule has 0 saturated heterocycles. The molecule has 3 rings (SSSR count). The zero-order valence-corrected chi connectivity index (χ0v) is 16.5. The van der Waals surface area contributed by atoms with Crippen LogP contribution in [0.4, 0.5) is 8.78 Å². The second kappa shape index (κ2) is 8.20. The van der Waals surface area contributed by atoms with Crippen molar-refractivity contribution in [3.05, 3.63) is 62.9 Å². The number of aryl methyl sites for hydroxylation is 1. The molecule has 5 nitrogen and oxygen atoms in total. The minimum absolute atomic E-state index is 0.112. The third-order valence-corrected chi connectivity index (χ3v) is 5.45. The number of halogens is 3. The van der Waals surface area contributed by atoms with Gasteiger partial charge in [0, 0.05) is 5.02 Å². The normalized spacial score (nSPS) is 11.8. The summed E-state index contributed by atoms with van der Waals surface area (Å²) in [5, 5.41) is 0.473. The maximum atomic E-state index is 13.9. The van der Waals surface area contributed by atoms with E-state index in [1.807, 2.05) is 0 Å². The summed E-state index contributed by atoms with van der Waals surface area (Å²) in [5.74, 6) is -3.63. The van der Waals surface area contributed by atoms with Gasteiger partial charge in [0.05, 0.1) is 16.8 Å². The maximum absolute atomic E-state index is 13.9. The Labute approximate surface area is 167 Å². The number of amides is 1. The van der Waals surface area contributed by atoms with Crippen LogP contribution >= 0.6 is 22.9 Å². The van der Waals surface area contributed by atoms with Gasteiger partial charge in [0.1, 0.15) is 23.7 Å². The summed E-state index contributed by atoms with van der Waals surface area (Å²) >= 11 is 7.29. The molecule has 3 aromatic rings. The van der Waals surface area contributed by atoms with Crippen LogP contribution in [0.25, 0.3) is 10.2 Å². The van der Waals surface area contributed by atoms with Gasteiger partial charge in [0.15, 0.2) is 4.80 Å². The summed E-state index contributed by atoms with van der Waals surface area (Å²) in [7, 11) is 0. The van der Waals surface area contributed by atoms with Crippen LogP contribution in [0.2, 0.25) is 5.02 Å². The lowest BCUT2D eigenvalue weighted by molar-refractivity contribution is -0.143. The summed E-state index contributed by atoms with van der Waals surface area (Å²) in [6.07, 6.45) is 0. The number of carbonyl (C=O) groups is 2. The Kier molecular flexibility index (Phi) is 5.90. The number of aromatic nitrogens is 1. The zero-order chi connectivity index (χ0) is 20.4. The van der Waals surface area contributed by atoms with Gasteiger partial charge in [0.2, 0.25) is 0 Å². The van der Waals surface area contributed by atoms with Crippen LogP contribution in [0.5, 0.6) is 0 Å². The molecule has 0 aliphatic rings. The van der Waals surface area contributed by atoms with E-state index in [1.165, 1.54) is 4.57 Å². The van der Waals surface area contributed by atoms with Crippen molar-refractivity contribution in [2.75, 3.05) is 6.61 Å². The van der Waals surface area contributed by atoms with Crippen molar-refractivity contribution in [1.29, 1.82) is 0 Å². The summed E-state index contributed by atoms with van der Waals surface area (Å²) < 4.78 is 35.0. The van der Waals surface area contributed by atoms with Crippen molar-refractivity contribution in [2.45, 2.75) is 20.4 Å². The van der Waals surface area contributed by atoms with Gasteiger partial charge in [-0.2, -0.15) is 4.99 Å². The highest BCUT2D eigenvalue weighted by Gasteiger charge is 2.19. The fourth-order valence-corrected chi connectivity index (χ4v) is 3.97. The SMILES string of the molecule is CCOC(=O)Cn1c(=NC(=O)c2c(F)cccc2F)sc2ccc(Cl)c(C)c21. The molecule has 1 heterocycles. The number of hydrogen-bond donors (Lipinski definition) is 0. The van der Waals surface area contributed by atoms with Crippen molar-refractivity contribution in [3.8, 4) is 0 Å². The van der Waals surface area contributed by atoms with Gasteiger partial charge in [-0.3, -0.25) is 9.59 Å². The van der Waals surface area contributed by atoms with Crippen LogP contribution in [0.15, 0.2) is 35.3 Å². The number of ether oxygens (including phenoxy) is 1. The molecule has 0 unspecified atom stereocenters. The van der Waals surface area contributed by atoms with E-state index in [9.17, 15) is 18.4 Å². The van der Waals surface area contributed by atoms with Gasteiger partial charge in [-0.05, 0) is 43.7 Å². The van der Waals surface area contributed by atoms with Gasteiger partial charge >= 0.3 is 5.97 Å². The van der Waals surface area contributed by atoms with Crippen LogP contribution in [0.3, 0.4) is 0 Å². The lowest BCUT2D eigenvalue weighted by Crippen LogP contribution is -2.23. The third kappa shape index (κ3) is 3.83. The molecule has 0 aliphatic carbocycles. The number of benzene rings is 2. The van der Waals surface area contributed by atoms with E-state index in [4.69, 9.17) is 16.3 Å². The van der Waals surface area contributed by atoms with E-state index in [0.29, 0.717) is 20.8 Å². The first-order chi connectivity index (χ1) is 13.3. The highest BCUT2D eigenvalue weighted by molar-refractivity contribution is 7.16. The molecular weight excluding hydrogens is 410 g/mol. The van der Waals surface area contributed by atoms with Gasteiger partial charge < -0.3 is 9.30 Å². The Morgan fingerprint density at radius 1 is 1.21 bits per heavy atom. The van der Waals surface area contributed by atoms with Crippen molar-refractivity contribution < 1.29 is 23.1 Å².